The molecule has 0 aliphatic carbocycles. The third-order valence-corrected chi connectivity index (χ3v) is 8.31. The fourth-order valence-corrected chi connectivity index (χ4v) is 6.56. The van der Waals surface area contributed by atoms with E-state index < -0.39 is 11.8 Å². The van der Waals surface area contributed by atoms with Crippen molar-refractivity contribution in [2.24, 2.45) is 5.41 Å². The van der Waals surface area contributed by atoms with Gasteiger partial charge >= 0.3 is 21.1 Å². The van der Waals surface area contributed by atoms with Gasteiger partial charge in [-0.25, -0.2) is 0 Å². The van der Waals surface area contributed by atoms with E-state index in [1.807, 2.05) is 69.3 Å². The Kier molecular flexibility index (Phi) is 6.39. The third-order valence-electron chi connectivity index (χ3n) is 8.31. The SMILES string of the molecule is [2H]C([2H])(c1ccnc(-c2[c-]c(Oc3[c-]c(-c4ccccn4)ccc3)cc3c2oc2c3c3cccc4c5ccccc5n2c43)c1)C(C)(C)C.[Pt+2]. The second-order valence-corrected chi connectivity index (χ2v) is 12.6. The molecule has 230 valence electrons. The maximum absolute atomic E-state index is 8.97. The van der Waals surface area contributed by atoms with Crippen molar-refractivity contribution in [1.82, 2.24) is 14.4 Å². The largest absolute Gasteiger partial charge is 2.00 e. The van der Waals surface area contributed by atoms with E-state index in [4.69, 9.17) is 16.9 Å². The van der Waals surface area contributed by atoms with Gasteiger partial charge in [0.05, 0.1) is 16.6 Å². The molecule has 0 N–H and O–H groups in total. The second-order valence-electron chi connectivity index (χ2n) is 12.6. The molecular weight excluding hydrogens is 762 g/mol. The molecule has 5 aromatic heterocycles. The van der Waals surface area contributed by atoms with Crippen molar-refractivity contribution in [3.63, 3.8) is 0 Å². The van der Waals surface area contributed by atoms with Crippen LogP contribution in [0.3, 0.4) is 0 Å². The number of aromatic nitrogens is 3. The van der Waals surface area contributed by atoms with Crippen molar-refractivity contribution in [1.29, 1.82) is 0 Å². The molecule has 0 saturated carbocycles. The molecule has 0 aliphatic heterocycles. The van der Waals surface area contributed by atoms with Crippen LogP contribution in [0.15, 0.2) is 114 Å². The molecule has 0 amide bonds. The van der Waals surface area contributed by atoms with Gasteiger partial charge < -0.3 is 19.1 Å². The van der Waals surface area contributed by atoms with Gasteiger partial charge in [0.1, 0.15) is 0 Å². The summed E-state index contributed by atoms with van der Waals surface area (Å²) in [5.41, 5.74) is 6.17. The van der Waals surface area contributed by atoms with Crippen LogP contribution in [0.4, 0.5) is 0 Å². The first-order valence-electron chi connectivity index (χ1n) is 16.3. The van der Waals surface area contributed by atoms with E-state index >= 15 is 0 Å². The molecule has 0 spiro atoms. The average molecular weight is 793 g/mol. The number of benzene rings is 4. The molecule has 0 saturated heterocycles. The number of ether oxygens (including phenoxy) is 1. The van der Waals surface area contributed by atoms with E-state index in [1.165, 1.54) is 10.8 Å². The van der Waals surface area contributed by atoms with Crippen LogP contribution in [0.5, 0.6) is 11.5 Å². The molecule has 0 unspecified atom stereocenters. The second kappa shape index (κ2) is 11.1. The maximum atomic E-state index is 8.97. The minimum absolute atomic E-state index is 0. The summed E-state index contributed by atoms with van der Waals surface area (Å²) in [6.45, 7) is 5.70. The van der Waals surface area contributed by atoms with E-state index in [1.54, 1.807) is 24.5 Å². The van der Waals surface area contributed by atoms with Crippen LogP contribution in [-0.2, 0) is 27.4 Å². The predicted octanol–water partition coefficient (Wildman–Crippen LogP) is 10.7. The number of rotatable bonds is 5. The summed E-state index contributed by atoms with van der Waals surface area (Å²) in [5.74, 6) is 0.986. The Morgan fingerprint density at radius 2 is 1.55 bits per heavy atom. The quantitative estimate of drug-likeness (QED) is 0.163. The standard InChI is InChI=1S/C41H29N3O2.Pt/c1-41(2,3)24-25-17-19-43-35(20-25)32-22-28(45-27-11-8-10-26(21-27)34-15-6-7-18-42-34)23-33-37-31-14-9-13-30-29-12-4-5-16-36(29)44(38(30)31)40(37)46-39(32)33;/h4-20,23H,24H2,1-3H3;/q-2;+2/i24D2;. The van der Waals surface area contributed by atoms with Gasteiger partial charge in [-0.2, -0.15) is 0 Å². The minimum Gasteiger partial charge on any atom is -0.497 e. The minimum atomic E-state index is -1.61. The van der Waals surface area contributed by atoms with Crippen molar-refractivity contribution in [3.8, 4) is 34.0 Å². The van der Waals surface area contributed by atoms with Crippen LogP contribution in [0.2, 0.25) is 0 Å². The molecule has 5 nitrogen and oxygen atoms in total. The number of hydrogen-bond donors (Lipinski definition) is 0. The van der Waals surface area contributed by atoms with E-state index in [0.717, 1.165) is 44.2 Å². The Labute approximate surface area is 289 Å². The van der Waals surface area contributed by atoms with Crippen molar-refractivity contribution in [3.05, 3.63) is 127 Å². The van der Waals surface area contributed by atoms with Gasteiger partial charge in [-0.3, -0.25) is 4.40 Å². The maximum Gasteiger partial charge on any atom is 2.00 e. The number of fused-ring (bicyclic) bond motifs is 8. The van der Waals surface area contributed by atoms with Gasteiger partial charge in [0, 0.05) is 48.2 Å². The zero-order valence-electron chi connectivity index (χ0n) is 27.9. The zero-order valence-corrected chi connectivity index (χ0v) is 28.1. The van der Waals surface area contributed by atoms with Crippen molar-refractivity contribution in [2.75, 3.05) is 0 Å². The number of para-hydroxylation sites is 2. The van der Waals surface area contributed by atoms with Crippen LogP contribution >= 0.6 is 0 Å². The summed E-state index contributed by atoms with van der Waals surface area (Å²) in [4.78, 5) is 9.20. The van der Waals surface area contributed by atoms with Crippen LogP contribution in [0, 0.1) is 17.5 Å². The topological polar surface area (TPSA) is 52.6 Å². The van der Waals surface area contributed by atoms with E-state index in [9.17, 15) is 0 Å². The van der Waals surface area contributed by atoms with Gasteiger partial charge in [-0.15, -0.1) is 23.8 Å². The Morgan fingerprint density at radius 3 is 2.40 bits per heavy atom. The number of pyridine rings is 2. The molecule has 9 rings (SSSR count). The Bertz CT molecular complexity index is 2670. The zero-order chi connectivity index (χ0) is 32.8. The molecule has 4 aromatic carbocycles. The average Bonchev–Trinajstić information content (AvgIpc) is 3.74. The summed E-state index contributed by atoms with van der Waals surface area (Å²) < 4.78 is 33.5. The van der Waals surface area contributed by atoms with Gasteiger partial charge in [0.25, 0.3) is 0 Å². The van der Waals surface area contributed by atoms with E-state index in [0.29, 0.717) is 33.9 Å². The fourth-order valence-electron chi connectivity index (χ4n) is 6.56. The molecule has 0 bridgehead atoms. The summed E-state index contributed by atoms with van der Waals surface area (Å²) in [7, 11) is 0. The first-order chi connectivity index (χ1) is 23.2. The van der Waals surface area contributed by atoms with Gasteiger partial charge in [-0.1, -0.05) is 105 Å². The van der Waals surface area contributed by atoms with Gasteiger partial charge in [-0.05, 0) is 46.8 Å². The normalized spacial score (nSPS) is 13.0. The van der Waals surface area contributed by atoms with Crippen LogP contribution in [0.1, 0.15) is 29.1 Å². The van der Waals surface area contributed by atoms with Crippen LogP contribution in [0.25, 0.3) is 71.8 Å². The molecule has 6 heteroatoms. The Morgan fingerprint density at radius 1 is 0.766 bits per heavy atom. The molecular formula is C41H29N3O2Pt. The molecule has 5 heterocycles. The van der Waals surface area contributed by atoms with E-state index in [-0.39, 0.29) is 21.1 Å². The molecule has 0 aliphatic rings. The monoisotopic (exact) mass is 792 g/mol. The van der Waals surface area contributed by atoms with Gasteiger partial charge in [0.15, 0.2) is 0 Å². The third kappa shape index (κ3) is 4.89. The molecule has 9 aromatic rings. The van der Waals surface area contributed by atoms with Crippen molar-refractivity contribution < 1.29 is 33.0 Å². The van der Waals surface area contributed by atoms with E-state index in [2.05, 4.69) is 57.9 Å². The predicted molar refractivity (Wildman–Crippen MR) is 185 cm³/mol. The summed E-state index contributed by atoms with van der Waals surface area (Å²) in [6, 6.07) is 38.6. The first kappa shape index (κ1) is 27.2. The molecule has 0 atom stereocenters. The van der Waals surface area contributed by atoms with Crippen molar-refractivity contribution in [2.45, 2.75) is 27.1 Å². The smallest absolute Gasteiger partial charge is 0.497 e. The Hall–Kier alpha value is -4.99. The number of furan rings is 1. The first-order valence-corrected chi connectivity index (χ1v) is 15.3. The van der Waals surface area contributed by atoms with Gasteiger partial charge in [0.2, 0.25) is 5.71 Å². The molecule has 0 radical (unpaired) electrons. The Balaban J connectivity index is 0.00000348. The molecule has 0 fully saturated rings. The summed E-state index contributed by atoms with van der Waals surface area (Å²) in [5, 5.41) is 5.25. The van der Waals surface area contributed by atoms with Crippen LogP contribution in [-0.4, -0.2) is 14.4 Å². The molecule has 47 heavy (non-hydrogen) atoms. The number of nitrogens with zero attached hydrogens (tertiary/aromatic N) is 3. The van der Waals surface area contributed by atoms with Crippen LogP contribution < -0.4 is 4.74 Å². The fraction of sp³-hybridized carbons (Fsp3) is 0.122. The summed E-state index contributed by atoms with van der Waals surface area (Å²) in [6.07, 6.45) is 1.80. The van der Waals surface area contributed by atoms with Crippen molar-refractivity contribution >= 4 is 49.3 Å². The summed E-state index contributed by atoms with van der Waals surface area (Å²) >= 11 is 0. The number of hydrogen-bond acceptors (Lipinski definition) is 4.